The lowest BCUT2D eigenvalue weighted by atomic mass is 10.1. The van der Waals surface area contributed by atoms with Crippen LogP contribution in [0.4, 0.5) is 0 Å². The van der Waals surface area contributed by atoms with Crippen molar-refractivity contribution in [2.45, 2.75) is 32.5 Å². The maximum atomic E-state index is 12.2. The molecule has 154 valence electrons. The number of rotatable bonds is 8. The van der Waals surface area contributed by atoms with Crippen LogP contribution in [0, 0.1) is 0 Å². The van der Waals surface area contributed by atoms with E-state index in [-0.39, 0.29) is 5.91 Å². The maximum Gasteiger partial charge on any atom is 0.244 e. The smallest absolute Gasteiger partial charge is 0.244 e. The fourth-order valence-electron chi connectivity index (χ4n) is 3.70. The van der Waals surface area contributed by atoms with Gasteiger partial charge in [-0.1, -0.05) is 54.6 Å². The number of carbonyl (C=O) groups excluding carboxylic acids is 1. The quantitative estimate of drug-likeness (QED) is 0.584. The van der Waals surface area contributed by atoms with Crippen molar-refractivity contribution in [3.8, 4) is 0 Å². The van der Waals surface area contributed by atoms with Gasteiger partial charge in [0.05, 0.1) is 12.7 Å². The van der Waals surface area contributed by atoms with E-state index in [2.05, 4.69) is 51.7 Å². The Morgan fingerprint density at radius 3 is 2.40 bits per heavy atom. The molecule has 30 heavy (non-hydrogen) atoms. The lowest BCUT2D eigenvalue weighted by Gasteiger charge is -2.14. The fourth-order valence-corrected chi connectivity index (χ4v) is 3.70. The van der Waals surface area contributed by atoms with Gasteiger partial charge in [-0.15, -0.1) is 0 Å². The Labute approximate surface area is 178 Å². The summed E-state index contributed by atoms with van der Waals surface area (Å²) in [7, 11) is 0. The second kappa shape index (κ2) is 10.0. The number of carbonyl (C=O) groups is 1. The highest BCUT2D eigenvalue weighted by Gasteiger charge is 2.11. The molecule has 0 spiro atoms. The first-order valence-electron chi connectivity index (χ1n) is 10.6. The molecule has 2 aromatic carbocycles. The standard InChI is InChI=1S/C25H28N4O/c30-25(13-12-24-17-27-29(20-24)19-22-6-2-1-3-7-22)26-16-21-8-10-23(11-9-21)18-28-14-4-5-15-28/h1-3,6-13,17,20H,4-5,14-16,18-19H2,(H,26,30)/b13-12+. The first-order valence-corrected chi connectivity index (χ1v) is 10.6. The van der Waals surface area contributed by atoms with Crippen molar-refractivity contribution in [2.75, 3.05) is 13.1 Å². The lowest BCUT2D eigenvalue weighted by Crippen LogP contribution is -2.20. The molecule has 5 heteroatoms. The van der Waals surface area contributed by atoms with Gasteiger partial charge < -0.3 is 5.32 Å². The van der Waals surface area contributed by atoms with Crippen molar-refractivity contribution in [1.29, 1.82) is 0 Å². The van der Waals surface area contributed by atoms with Crippen molar-refractivity contribution in [3.05, 3.63) is 95.3 Å². The molecule has 0 bridgehead atoms. The molecule has 1 N–H and O–H groups in total. The molecule has 5 nitrogen and oxygen atoms in total. The molecule has 2 heterocycles. The second-order valence-corrected chi connectivity index (χ2v) is 7.81. The highest BCUT2D eigenvalue weighted by atomic mass is 16.1. The summed E-state index contributed by atoms with van der Waals surface area (Å²) in [5, 5.41) is 7.30. The third-order valence-electron chi connectivity index (χ3n) is 5.36. The number of nitrogens with zero attached hydrogens (tertiary/aromatic N) is 3. The Kier molecular flexibility index (Phi) is 6.72. The van der Waals surface area contributed by atoms with Gasteiger partial charge in [0.25, 0.3) is 0 Å². The lowest BCUT2D eigenvalue weighted by molar-refractivity contribution is -0.116. The number of hydrogen-bond donors (Lipinski definition) is 1. The fraction of sp³-hybridized carbons (Fsp3) is 0.280. The zero-order valence-electron chi connectivity index (χ0n) is 17.2. The maximum absolute atomic E-state index is 12.2. The van der Waals surface area contributed by atoms with Gasteiger partial charge in [-0.05, 0) is 48.7 Å². The molecule has 1 aliphatic heterocycles. The first-order chi connectivity index (χ1) is 14.7. The summed E-state index contributed by atoms with van der Waals surface area (Å²) in [6.07, 6.45) is 9.69. The molecule has 1 aromatic heterocycles. The van der Waals surface area contributed by atoms with Gasteiger partial charge in [0.1, 0.15) is 0 Å². The normalized spacial score (nSPS) is 14.4. The molecule has 0 radical (unpaired) electrons. The molecule has 1 aliphatic rings. The molecule has 0 unspecified atom stereocenters. The van der Waals surface area contributed by atoms with E-state index in [1.807, 2.05) is 29.1 Å². The summed E-state index contributed by atoms with van der Waals surface area (Å²) in [5.74, 6) is -0.105. The van der Waals surface area contributed by atoms with Gasteiger partial charge in [0, 0.05) is 30.9 Å². The van der Waals surface area contributed by atoms with Crippen LogP contribution in [0.15, 0.2) is 73.1 Å². The second-order valence-electron chi connectivity index (χ2n) is 7.81. The van der Waals surface area contributed by atoms with E-state index in [0.29, 0.717) is 13.1 Å². The number of benzene rings is 2. The molecular weight excluding hydrogens is 372 g/mol. The molecular formula is C25H28N4O. The van der Waals surface area contributed by atoms with Crippen LogP contribution in [0.5, 0.6) is 0 Å². The van der Waals surface area contributed by atoms with Crippen LogP contribution in [0.25, 0.3) is 6.08 Å². The van der Waals surface area contributed by atoms with E-state index >= 15 is 0 Å². The molecule has 1 amide bonds. The van der Waals surface area contributed by atoms with Crippen molar-refractivity contribution in [3.63, 3.8) is 0 Å². The van der Waals surface area contributed by atoms with Gasteiger partial charge >= 0.3 is 0 Å². The van der Waals surface area contributed by atoms with Crippen LogP contribution in [-0.2, 0) is 24.4 Å². The number of amides is 1. The van der Waals surface area contributed by atoms with Crippen molar-refractivity contribution in [2.24, 2.45) is 0 Å². The Hall–Kier alpha value is -3.18. The van der Waals surface area contributed by atoms with E-state index in [1.54, 1.807) is 18.3 Å². The van der Waals surface area contributed by atoms with E-state index in [4.69, 9.17) is 0 Å². The van der Waals surface area contributed by atoms with E-state index in [1.165, 1.54) is 37.1 Å². The molecule has 0 saturated carbocycles. The van der Waals surface area contributed by atoms with Crippen LogP contribution in [-0.4, -0.2) is 33.7 Å². The summed E-state index contributed by atoms with van der Waals surface area (Å²) in [6.45, 7) is 4.67. The summed E-state index contributed by atoms with van der Waals surface area (Å²) < 4.78 is 1.87. The Balaban J connectivity index is 1.23. The van der Waals surface area contributed by atoms with Crippen molar-refractivity contribution in [1.82, 2.24) is 20.0 Å². The molecule has 4 rings (SSSR count). The van der Waals surface area contributed by atoms with Gasteiger partial charge in [-0.2, -0.15) is 5.10 Å². The molecule has 1 fully saturated rings. The molecule has 0 aliphatic carbocycles. The van der Waals surface area contributed by atoms with Crippen LogP contribution in [0.1, 0.15) is 35.1 Å². The summed E-state index contributed by atoms with van der Waals surface area (Å²) in [6, 6.07) is 18.7. The summed E-state index contributed by atoms with van der Waals surface area (Å²) >= 11 is 0. The predicted octanol–water partition coefficient (Wildman–Crippen LogP) is 3.86. The number of nitrogens with one attached hydrogen (secondary N) is 1. The first kappa shape index (κ1) is 20.1. The minimum absolute atomic E-state index is 0.105. The minimum Gasteiger partial charge on any atom is -0.348 e. The zero-order chi connectivity index (χ0) is 20.6. The minimum atomic E-state index is -0.105. The monoisotopic (exact) mass is 400 g/mol. The largest absolute Gasteiger partial charge is 0.348 e. The summed E-state index contributed by atoms with van der Waals surface area (Å²) in [5.41, 5.74) is 4.55. The zero-order valence-corrected chi connectivity index (χ0v) is 17.2. The van der Waals surface area contributed by atoms with Gasteiger partial charge in [-0.25, -0.2) is 0 Å². The van der Waals surface area contributed by atoms with E-state index in [9.17, 15) is 4.79 Å². The molecule has 3 aromatic rings. The third kappa shape index (κ3) is 5.91. The third-order valence-corrected chi connectivity index (χ3v) is 5.36. The van der Waals surface area contributed by atoms with Gasteiger partial charge in [0.15, 0.2) is 0 Å². The highest BCUT2D eigenvalue weighted by Crippen LogP contribution is 2.13. The van der Waals surface area contributed by atoms with Crippen LogP contribution < -0.4 is 5.32 Å². The number of aromatic nitrogens is 2. The topological polar surface area (TPSA) is 50.2 Å². The Morgan fingerprint density at radius 1 is 0.933 bits per heavy atom. The van der Waals surface area contributed by atoms with E-state index < -0.39 is 0 Å². The van der Waals surface area contributed by atoms with Crippen molar-refractivity contribution >= 4 is 12.0 Å². The predicted molar refractivity (Wildman–Crippen MR) is 120 cm³/mol. The molecule has 1 saturated heterocycles. The number of hydrogen-bond acceptors (Lipinski definition) is 3. The van der Waals surface area contributed by atoms with Crippen LogP contribution in [0.3, 0.4) is 0 Å². The van der Waals surface area contributed by atoms with Gasteiger partial charge in [-0.3, -0.25) is 14.4 Å². The molecule has 0 atom stereocenters. The average Bonchev–Trinajstić information content (AvgIpc) is 3.45. The highest BCUT2D eigenvalue weighted by molar-refractivity contribution is 5.91. The Bertz CT molecular complexity index is 970. The summed E-state index contributed by atoms with van der Waals surface area (Å²) in [4.78, 5) is 14.6. The van der Waals surface area contributed by atoms with Crippen LogP contribution >= 0.6 is 0 Å². The number of likely N-dealkylation sites (tertiary alicyclic amines) is 1. The van der Waals surface area contributed by atoms with Gasteiger partial charge in [0.2, 0.25) is 5.91 Å². The SMILES string of the molecule is O=C(/C=C/c1cnn(Cc2ccccc2)c1)NCc1ccc(CN2CCCC2)cc1. The average molecular weight is 401 g/mol. The van der Waals surface area contributed by atoms with Crippen LogP contribution in [0.2, 0.25) is 0 Å². The van der Waals surface area contributed by atoms with Crippen molar-refractivity contribution < 1.29 is 4.79 Å². The Morgan fingerprint density at radius 2 is 1.63 bits per heavy atom. The van der Waals surface area contributed by atoms with E-state index in [0.717, 1.165) is 17.7 Å².